The lowest BCUT2D eigenvalue weighted by Crippen LogP contribution is -2.48. The first-order valence-corrected chi connectivity index (χ1v) is 10.1. The van der Waals surface area contributed by atoms with Crippen LogP contribution in [0.2, 0.25) is 0 Å². The molecular formula is C22H21F3N4O3. The van der Waals surface area contributed by atoms with Gasteiger partial charge in [0.2, 0.25) is 11.7 Å². The molecule has 4 rings (SSSR count). The molecule has 0 N–H and O–H groups in total. The lowest BCUT2D eigenvalue weighted by molar-refractivity contribution is -0.0503. The van der Waals surface area contributed by atoms with Crippen molar-refractivity contribution >= 4 is 5.91 Å². The zero-order chi connectivity index (χ0) is 22.7. The molecule has 1 aliphatic heterocycles. The number of carbonyl (C=O) groups excluding carboxylic acids is 1. The van der Waals surface area contributed by atoms with Gasteiger partial charge in [0.1, 0.15) is 11.6 Å². The molecule has 1 aliphatic rings. The van der Waals surface area contributed by atoms with Crippen molar-refractivity contribution in [3.8, 4) is 17.1 Å². The van der Waals surface area contributed by atoms with E-state index in [2.05, 4.69) is 14.9 Å². The second kappa shape index (κ2) is 9.39. The molecule has 7 nitrogen and oxygen atoms in total. The fourth-order valence-corrected chi connectivity index (χ4v) is 3.48. The molecule has 0 spiro atoms. The van der Waals surface area contributed by atoms with Crippen molar-refractivity contribution in [3.63, 3.8) is 0 Å². The number of aromatic nitrogens is 2. The van der Waals surface area contributed by atoms with Gasteiger partial charge < -0.3 is 14.2 Å². The lowest BCUT2D eigenvalue weighted by atomic mass is 10.1. The maximum Gasteiger partial charge on any atom is 0.387 e. The summed E-state index contributed by atoms with van der Waals surface area (Å²) in [5.74, 6) is -0.141. The molecule has 0 aliphatic carbocycles. The highest BCUT2D eigenvalue weighted by Crippen LogP contribution is 2.23. The number of amides is 1. The molecule has 10 heteroatoms. The summed E-state index contributed by atoms with van der Waals surface area (Å²) >= 11 is 0. The number of halogens is 3. The largest absolute Gasteiger partial charge is 0.434 e. The maximum absolute atomic E-state index is 13.8. The number of para-hydroxylation sites is 1. The first kappa shape index (κ1) is 21.8. The number of alkyl halides is 2. The van der Waals surface area contributed by atoms with Gasteiger partial charge in [0.05, 0.1) is 12.1 Å². The van der Waals surface area contributed by atoms with E-state index in [9.17, 15) is 18.0 Å². The SMILES string of the molecule is Cc1ccc(-c2noc(CN3CCN(C(=O)c4ccccc4OC(F)F)CC3)n2)cc1F. The van der Waals surface area contributed by atoms with Crippen LogP contribution in [0.25, 0.3) is 11.4 Å². The van der Waals surface area contributed by atoms with Crippen LogP contribution in [0, 0.1) is 12.7 Å². The van der Waals surface area contributed by atoms with E-state index in [4.69, 9.17) is 4.52 Å². The Balaban J connectivity index is 1.35. The van der Waals surface area contributed by atoms with E-state index in [-0.39, 0.29) is 23.0 Å². The lowest BCUT2D eigenvalue weighted by Gasteiger charge is -2.34. The number of piperazine rings is 1. The molecular weight excluding hydrogens is 425 g/mol. The highest BCUT2D eigenvalue weighted by Gasteiger charge is 2.26. The van der Waals surface area contributed by atoms with E-state index in [1.54, 1.807) is 30.0 Å². The highest BCUT2D eigenvalue weighted by atomic mass is 19.3. The number of carbonyl (C=O) groups is 1. The minimum Gasteiger partial charge on any atom is -0.434 e. The molecule has 0 atom stereocenters. The van der Waals surface area contributed by atoms with Crippen LogP contribution in [-0.2, 0) is 6.54 Å². The average Bonchev–Trinajstić information content (AvgIpc) is 3.24. The van der Waals surface area contributed by atoms with Crippen molar-refractivity contribution < 1.29 is 27.2 Å². The van der Waals surface area contributed by atoms with Gasteiger partial charge in [-0.15, -0.1) is 0 Å². The van der Waals surface area contributed by atoms with E-state index >= 15 is 0 Å². The van der Waals surface area contributed by atoms with Crippen LogP contribution >= 0.6 is 0 Å². The zero-order valence-corrected chi connectivity index (χ0v) is 17.3. The summed E-state index contributed by atoms with van der Waals surface area (Å²) in [6, 6.07) is 10.7. The molecule has 2 aromatic carbocycles. The first-order chi connectivity index (χ1) is 15.4. The Bertz CT molecular complexity index is 1100. The van der Waals surface area contributed by atoms with Crippen LogP contribution in [0.15, 0.2) is 47.0 Å². The zero-order valence-electron chi connectivity index (χ0n) is 17.3. The Morgan fingerprint density at radius 1 is 1.16 bits per heavy atom. The molecule has 32 heavy (non-hydrogen) atoms. The standard InChI is InChI=1S/C22H21F3N4O3/c1-14-6-7-15(12-17(14)23)20-26-19(32-27-20)13-28-8-10-29(11-9-28)21(30)16-4-2-3-5-18(16)31-22(24)25/h2-7,12,22H,8-11,13H2,1H3. The molecule has 0 bridgehead atoms. The molecule has 1 aromatic heterocycles. The van der Waals surface area contributed by atoms with Crippen molar-refractivity contribution in [2.75, 3.05) is 26.2 Å². The fourth-order valence-electron chi connectivity index (χ4n) is 3.48. The number of hydrogen-bond acceptors (Lipinski definition) is 6. The third kappa shape index (κ3) is 4.91. The van der Waals surface area contributed by atoms with Crippen LogP contribution in [-0.4, -0.2) is 58.6 Å². The number of nitrogens with zero attached hydrogens (tertiary/aromatic N) is 4. The quantitative estimate of drug-likeness (QED) is 0.575. The van der Waals surface area contributed by atoms with Crippen LogP contribution in [0.1, 0.15) is 21.8 Å². The number of hydrogen-bond donors (Lipinski definition) is 0. The molecule has 0 radical (unpaired) electrons. The van der Waals surface area contributed by atoms with Gasteiger partial charge >= 0.3 is 6.61 Å². The molecule has 0 saturated carbocycles. The van der Waals surface area contributed by atoms with Crippen molar-refractivity contribution in [1.82, 2.24) is 19.9 Å². The maximum atomic E-state index is 13.8. The molecule has 1 fully saturated rings. The normalized spacial score (nSPS) is 14.7. The molecule has 1 amide bonds. The Morgan fingerprint density at radius 3 is 2.62 bits per heavy atom. The van der Waals surface area contributed by atoms with Crippen molar-refractivity contribution in [3.05, 3.63) is 65.3 Å². The van der Waals surface area contributed by atoms with Crippen LogP contribution in [0.5, 0.6) is 5.75 Å². The van der Waals surface area contributed by atoms with E-state index < -0.39 is 6.61 Å². The predicted molar refractivity (Wildman–Crippen MR) is 109 cm³/mol. The molecule has 0 unspecified atom stereocenters. The van der Waals surface area contributed by atoms with E-state index in [1.807, 2.05) is 4.90 Å². The minimum atomic E-state index is -3.00. The summed E-state index contributed by atoms with van der Waals surface area (Å²) in [6.07, 6.45) is 0. The van der Waals surface area contributed by atoms with Crippen molar-refractivity contribution in [2.45, 2.75) is 20.1 Å². The molecule has 3 aromatic rings. The Hall–Kier alpha value is -3.40. The van der Waals surface area contributed by atoms with Crippen molar-refractivity contribution in [2.24, 2.45) is 0 Å². The second-order valence-electron chi connectivity index (χ2n) is 7.42. The van der Waals surface area contributed by atoms with Gasteiger partial charge in [-0.25, -0.2) is 4.39 Å². The molecule has 1 saturated heterocycles. The third-order valence-corrected chi connectivity index (χ3v) is 5.25. The Kier molecular flexibility index (Phi) is 6.40. The minimum absolute atomic E-state index is 0.105. The third-order valence-electron chi connectivity index (χ3n) is 5.25. The smallest absolute Gasteiger partial charge is 0.387 e. The summed E-state index contributed by atoms with van der Waals surface area (Å²) in [6.45, 7) is 0.958. The summed E-state index contributed by atoms with van der Waals surface area (Å²) < 4.78 is 48.8. The highest BCUT2D eigenvalue weighted by molar-refractivity contribution is 5.97. The monoisotopic (exact) mass is 446 g/mol. The predicted octanol–water partition coefficient (Wildman–Crippen LogP) is 3.74. The number of ether oxygens (including phenoxy) is 1. The Labute approximate surface area is 182 Å². The van der Waals surface area contributed by atoms with Crippen LogP contribution in [0.3, 0.4) is 0 Å². The van der Waals surface area contributed by atoms with Crippen LogP contribution < -0.4 is 4.74 Å². The van der Waals surface area contributed by atoms with Crippen LogP contribution in [0.4, 0.5) is 13.2 Å². The van der Waals surface area contributed by atoms with Gasteiger partial charge in [-0.05, 0) is 30.7 Å². The second-order valence-corrected chi connectivity index (χ2v) is 7.42. The summed E-state index contributed by atoms with van der Waals surface area (Å²) in [5.41, 5.74) is 1.17. The van der Waals surface area contributed by atoms with Gasteiger partial charge in [-0.3, -0.25) is 9.69 Å². The van der Waals surface area contributed by atoms with Gasteiger partial charge in [-0.1, -0.05) is 29.4 Å². The topological polar surface area (TPSA) is 71.7 Å². The van der Waals surface area contributed by atoms with Gasteiger partial charge in [0, 0.05) is 31.7 Å². The van der Waals surface area contributed by atoms with E-state index in [0.29, 0.717) is 55.6 Å². The van der Waals surface area contributed by atoms with Gasteiger partial charge in [0.25, 0.3) is 5.91 Å². The first-order valence-electron chi connectivity index (χ1n) is 10.1. The number of aryl methyl sites for hydroxylation is 1. The average molecular weight is 446 g/mol. The Morgan fingerprint density at radius 2 is 1.91 bits per heavy atom. The molecule has 168 valence electrons. The van der Waals surface area contributed by atoms with Gasteiger partial charge in [0.15, 0.2) is 0 Å². The summed E-state index contributed by atoms with van der Waals surface area (Å²) in [7, 11) is 0. The molecule has 2 heterocycles. The van der Waals surface area contributed by atoms with E-state index in [0.717, 1.165) is 0 Å². The summed E-state index contributed by atoms with van der Waals surface area (Å²) in [4.78, 5) is 20.8. The van der Waals surface area contributed by atoms with Crippen molar-refractivity contribution in [1.29, 1.82) is 0 Å². The van der Waals surface area contributed by atoms with E-state index in [1.165, 1.54) is 24.3 Å². The summed E-state index contributed by atoms with van der Waals surface area (Å²) in [5, 5.41) is 3.92. The number of rotatable bonds is 6. The number of benzene rings is 2. The van der Waals surface area contributed by atoms with Gasteiger partial charge in [-0.2, -0.15) is 13.8 Å². The fraction of sp³-hybridized carbons (Fsp3) is 0.318.